The molecular weight excluding hydrogens is 264 g/mol. The minimum Gasteiger partial charge on any atom is -0.489 e. The SMILES string of the molecule is CC(C)N(CC(O)COc1ccccc1C#N)CC1CC1. The molecular formula is C17H24N2O2. The average molecular weight is 288 g/mol. The molecule has 0 heterocycles. The van der Waals surface area contributed by atoms with E-state index in [0.29, 0.717) is 23.9 Å². The third-order valence-electron chi connectivity index (χ3n) is 3.80. The molecule has 0 amide bonds. The Labute approximate surface area is 127 Å². The Morgan fingerprint density at radius 1 is 1.38 bits per heavy atom. The molecule has 0 spiro atoms. The summed E-state index contributed by atoms with van der Waals surface area (Å²) in [6, 6.07) is 9.63. The number of rotatable bonds is 8. The van der Waals surface area contributed by atoms with Gasteiger partial charge in [-0.05, 0) is 44.7 Å². The van der Waals surface area contributed by atoms with Crippen molar-refractivity contribution in [2.24, 2.45) is 5.92 Å². The summed E-state index contributed by atoms with van der Waals surface area (Å²) in [5.74, 6) is 1.34. The van der Waals surface area contributed by atoms with Gasteiger partial charge in [-0.25, -0.2) is 0 Å². The zero-order chi connectivity index (χ0) is 15.2. The van der Waals surface area contributed by atoms with Gasteiger partial charge in [0.25, 0.3) is 0 Å². The zero-order valence-electron chi connectivity index (χ0n) is 12.8. The van der Waals surface area contributed by atoms with Crippen molar-refractivity contribution in [3.63, 3.8) is 0 Å². The van der Waals surface area contributed by atoms with E-state index < -0.39 is 6.10 Å². The van der Waals surface area contributed by atoms with E-state index in [2.05, 4.69) is 24.8 Å². The number of aliphatic hydroxyl groups is 1. The maximum absolute atomic E-state index is 10.2. The Kier molecular flexibility index (Phi) is 5.60. The summed E-state index contributed by atoms with van der Waals surface area (Å²) in [6.07, 6.45) is 2.08. The van der Waals surface area contributed by atoms with Crippen LogP contribution in [0.25, 0.3) is 0 Å². The highest BCUT2D eigenvalue weighted by molar-refractivity contribution is 5.42. The maximum Gasteiger partial charge on any atom is 0.137 e. The molecule has 1 fully saturated rings. The van der Waals surface area contributed by atoms with Crippen molar-refractivity contribution in [2.45, 2.75) is 38.8 Å². The van der Waals surface area contributed by atoms with Gasteiger partial charge in [0.05, 0.1) is 5.56 Å². The molecule has 21 heavy (non-hydrogen) atoms. The Morgan fingerprint density at radius 2 is 2.10 bits per heavy atom. The first-order valence-corrected chi connectivity index (χ1v) is 7.64. The summed E-state index contributed by atoms with van der Waals surface area (Å²) >= 11 is 0. The van der Waals surface area contributed by atoms with E-state index in [4.69, 9.17) is 10.00 Å². The summed E-state index contributed by atoms with van der Waals surface area (Å²) in [4.78, 5) is 2.31. The number of hydrogen-bond donors (Lipinski definition) is 1. The molecule has 0 saturated heterocycles. The number of nitrogens with zero attached hydrogens (tertiary/aromatic N) is 2. The monoisotopic (exact) mass is 288 g/mol. The minimum atomic E-state index is -0.544. The van der Waals surface area contributed by atoms with Gasteiger partial charge in [-0.15, -0.1) is 0 Å². The number of aliphatic hydroxyl groups excluding tert-OH is 1. The maximum atomic E-state index is 10.2. The van der Waals surface area contributed by atoms with Crippen LogP contribution in [0.3, 0.4) is 0 Å². The van der Waals surface area contributed by atoms with Gasteiger partial charge in [-0.2, -0.15) is 5.26 Å². The summed E-state index contributed by atoms with van der Waals surface area (Å²) in [7, 11) is 0. The molecule has 1 N–H and O–H groups in total. The molecule has 4 nitrogen and oxygen atoms in total. The van der Waals surface area contributed by atoms with Crippen molar-refractivity contribution in [1.82, 2.24) is 4.90 Å². The fourth-order valence-electron chi connectivity index (χ4n) is 2.32. The fraction of sp³-hybridized carbons (Fsp3) is 0.588. The topological polar surface area (TPSA) is 56.5 Å². The second-order valence-electron chi connectivity index (χ2n) is 6.06. The molecule has 4 heteroatoms. The van der Waals surface area contributed by atoms with Crippen LogP contribution in [-0.2, 0) is 0 Å². The lowest BCUT2D eigenvalue weighted by atomic mass is 10.2. The van der Waals surface area contributed by atoms with E-state index in [0.717, 1.165) is 12.5 Å². The lowest BCUT2D eigenvalue weighted by molar-refractivity contribution is 0.0555. The Balaban J connectivity index is 1.83. The second-order valence-corrected chi connectivity index (χ2v) is 6.06. The molecule has 1 unspecified atom stereocenters. The standard InChI is InChI=1S/C17H24N2O2/c1-13(2)19(10-14-7-8-14)11-16(20)12-21-17-6-4-3-5-15(17)9-18/h3-6,13-14,16,20H,7-8,10-12H2,1-2H3. The number of nitriles is 1. The molecule has 0 aromatic heterocycles. The van der Waals surface area contributed by atoms with Crippen LogP contribution in [0.1, 0.15) is 32.3 Å². The van der Waals surface area contributed by atoms with Crippen molar-refractivity contribution in [2.75, 3.05) is 19.7 Å². The molecule has 1 atom stereocenters. The van der Waals surface area contributed by atoms with Gasteiger partial charge in [-0.1, -0.05) is 12.1 Å². The third kappa shape index (κ3) is 5.04. The predicted octanol–water partition coefficient (Wildman–Crippen LogP) is 2.42. The van der Waals surface area contributed by atoms with Gasteiger partial charge >= 0.3 is 0 Å². The van der Waals surface area contributed by atoms with E-state index in [1.165, 1.54) is 12.8 Å². The Hall–Kier alpha value is -1.57. The molecule has 1 aromatic carbocycles. The van der Waals surface area contributed by atoms with Crippen molar-refractivity contribution >= 4 is 0 Å². The molecule has 114 valence electrons. The largest absolute Gasteiger partial charge is 0.489 e. The molecule has 1 aliphatic rings. The molecule has 1 aromatic rings. The summed E-state index contributed by atoms with van der Waals surface area (Å²) in [6.45, 7) is 6.20. The average Bonchev–Trinajstić information content (AvgIpc) is 3.28. The molecule has 2 rings (SSSR count). The number of hydrogen-bond acceptors (Lipinski definition) is 4. The quantitative estimate of drug-likeness (QED) is 0.798. The number of para-hydroxylation sites is 1. The van der Waals surface area contributed by atoms with Crippen LogP contribution in [0.4, 0.5) is 0 Å². The van der Waals surface area contributed by atoms with E-state index in [-0.39, 0.29) is 6.61 Å². The molecule has 0 aliphatic heterocycles. The summed E-state index contributed by atoms with van der Waals surface area (Å²) < 4.78 is 5.59. The van der Waals surface area contributed by atoms with Crippen LogP contribution in [0.2, 0.25) is 0 Å². The Morgan fingerprint density at radius 3 is 2.71 bits per heavy atom. The van der Waals surface area contributed by atoms with Gasteiger partial charge < -0.3 is 9.84 Å². The van der Waals surface area contributed by atoms with Crippen LogP contribution < -0.4 is 4.74 Å². The second kappa shape index (κ2) is 7.44. The molecule has 1 saturated carbocycles. The number of benzene rings is 1. The van der Waals surface area contributed by atoms with Crippen molar-refractivity contribution in [1.29, 1.82) is 5.26 Å². The van der Waals surface area contributed by atoms with E-state index in [1.54, 1.807) is 18.2 Å². The predicted molar refractivity (Wildman–Crippen MR) is 82.1 cm³/mol. The van der Waals surface area contributed by atoms with E-state index in [1.807, 2.05) is 6.07 Å². The van der Waals surface area contributed by atoms with Crippen LogP contribution in [0.15, 0.2) is 24.3 Å². The van der Waals surface area contributed by atoms with Crippen LogP contribution >= 0.6 is 0 Å². The van der Waals surface area contributed by atoms with Crippen LogP contribution in [-0.4, -0.2) is 41.8 Å². The highest BCUT2D eigenvalue weighted by Gasteiger charge is 2.26. The fourth-order valence-corrected chi connectivity index (χ4v) is 2.32. The molecule has 0 radical (unpaired) electrons. The van der Waals surface area contributed by atoms with Crippen molar-refractivity contribution in [3.8, 4) is 11.8 Å². The van der Waals surface area contributed by atoms with Gasteiger partial charge in [0, 0.05) is 19.1 Å². The van der Waals surface area contributed by atoms with E-state index in [9.17, 15) is 5.11 Å². The van der Waals surface area contributed by atoms with Gasteiger partial charge in [-0.3, -0.25) is 4.90 Å². The van der Waals surface area contributed by atoms with Crippen LogP contribution in [0, 0.1) is 17.2 Å². The van der Waals surface area contributed by atoms with Gasteiger partial charge in [0.1, 0.15) is 24.5 Å². The highest BCUT2D eigenvalue weighted by atomic mass is 16.5. The summed E-state index contributed by atoms with van der Waals surface area (Å²) in [5.41, 5.74) is 0.503. The number of ether oxygens (including phenoxy) is 1. The molecule has 0 bridgehead atoms. The Bertz CT molecular complexity index is 492. The normalized spacial score (nSPS) is 16.0. The summed E-state index contributed by atoms with van der Waals surface area (Å²) in [5, 5.41) is 19.2. The first-order valence-electron chi connectivity index (χ1n) is 7.64. The van der Waals surface area contributed by atoms with Gasteiger partial charge in [0.2, 0.25) is 0 Å². The first kappa shape index (κ1) is 15.8. The smallest absolute Gasteiger partial charge is 0.137 e. The minimum absolute atomic E-state index is 0.215. The lowest BCUT2D eigenvalue weighted by Gasteiger charge is -2.28. The highest BCUT2D eigenvalue weighted by Crippen LogP contribution is 2.30. The van der Waals surface area contributed by atoms with Crippen molar-refractivity contribution < 1.29 is 9.84 Å². The molecule has 1 aliphatic carbocycles. The van der Waals surface area contributed by atoms with Gasteiger partial charge in [0.15, 0.2) is 0 Å². The van der Waals surface area contributed by atoms with E-state index >= 15 is 0 Å². The van der Waals surface area contributed by atoms with Crippen LogP contribution in [0.5, 0.6) is 5.75 Å². The third-order valence-corrected chi connectivity index (χ3v) is 3.80. The lowest BCUT2D eigenvalue weighted by Crippen LogP contribution is -2.41. The first-order chi connectivity index (χ1) is 10.1. The zero-order valence-corrected chi connectivity index (χ0v) is 12.8. The van der Waals surface area contributed by atoms with Crippen molar-refractivity contribution in [3.05, 3.63) is 29.8 Å².